The second-order valence-electron chi connectivity index (χ2n) is 7.15. The Labute approximate surface area is 171 Å². The van der Waals surface area contributed by atoms with E-state index in [9.17, 15) is 18.0 Å². The predicted octanol–water partition coefficient (Wildman–Crippen LogP) is 3.11. The van der Waals surface area contributed by atoms with Crippen LogP contribution in [0.4, 0.5) is 5.69 Å². The van der Waals surface area contributed by atoms with Gasteiger partial charge in [0.1, 0.15) is 0 Å². The topological polar surface area (TPSA) is 83.6 Å². The average Bonchev–Trinajstić information content (AvgIpc) is 3.12. The monoisotopic (exact) mass is 412 g/mol. The lowest BCUT2D eigenvalue weighted by Gasteiger charge is -2.15. The molecule has 1 aliphatic rings. The van der Waals surface area contributed by atoms with Gasteiger partial charge in [0.25, 0.3) is 0 Å². The van der Waals surface area contributed by atoms with Gasteiger partial charge in [0, 0.05) is 31.0 Å². The fourth-order valence-electron chi connectivity index (χ4n) is 3.21. The minimum atomic E-state index is -3.24. The van der Waals surface area contributed by atoms with Crippen molar-refractivity contribution in [2.24, 2.45) is 0 Å². The van der Waals surface area contributed by atoms with Crippen molar-refractivity contribution in [2.75, 3.05) is 17.7 Å². The van der Waals surface area contributed by atoms with Crippen molar-refractivity contribution >= 4 is 33.4 Å². The van der Waals surface area contributed by atoms with Crippen LogP contribution in [0, 0.1) is 0 Å². The Bertz CT molecular complexity index is 1030. The second-order valence-corrected chi connectivity index (χ2v) is 9.16. The van der Waals surface area contributed by atoms with Crippen LogP contribution in [0.2, 0.25) is 0 Å². The standard InChI is InChI=1S/C22H24N2O4S/c1-16(18-8-12-20(13-9-18)29(2,27)28)23-21(25)14-7-17-5-10-19(11-6-17)24-15-3-4-22(24)26/h5-14,16H,3-4,15H2,1-2H3,(H,23,25)/b14-7+. The summed E-state index contributed by atoms with van der Waals surface area (Å²) in [6, 6.07) is 13.7. The molecule has 1 heterocycles. The van der Waals surface area contributed by atoms with Gasteiger partial charge < -0.3 is 10.2 Å². The first-order valence-corrected chi connectivity index (χ1v) is 11.3. The number of nitrogens with zero attached hydrogens (tertiary/aromatic N) is 1. The van der Waals surface area contributed by atoms with Crippen molar-refractivity contribution in [3.8, 4) is 0 Å². The molecule has 0 bridgehead atoms. The molecule has 0 saturated carbocycles. The van der Waals surface area contributed by atoms with Gasteiger partial charge in [0.15, 0.2) is 9.84 Å². The molecule has 2 amide bonds. The minimum absolute atomic E-state index is 0.145. The Balaban J connectivity index is 1.58. The maximum atomic E-state index is 12.2. The molecule has 1 unspecified atom stereocenters. The van der Waals surface area contributed by atoms with Crippen LogP contribution in [0.5, 0.6) is 0 Å². The van der Waals surface area contributed by atoms with Crippen LogP contribution >= 0.6 is 0 Å². The molecule has 0 aliphatic carbocycles. The van der Waals surface area contributed by atoms with Crippen LogP contribution in [0.3, 0.4) is 0 Å². The van der Waals surface area contributed by atoms with Crippen molar-refractivity contribution < 1.29 is 18.0 Å². The smallest absolute Gasteiger partial charge is 0.244 e. The van der Waals surface area contributed by atoms with Crippen molar-refractivity contribution in [1.82, 2.24) is 5.32 Å². The lowest BCUT2D eigenvalue weighted by atomic mass is 10.1. The average molecular weight is 413 g/mol. The molecular formula is C22H24N2O4S. The van der Waals surface area contributed by atoms with Crippen LogP contribution in [-0.2, 0) is 19.4 Å². The van der Waals surface area contributed by atoms with E-state index < -0.39 is 9.84 Å². The highest BCUT2D eigenvalue weighted by molar-refractivity contribution is 7.90. The predicted molar refractivity (Wildman–Crippen MR) is 113 cm³/mol. The number of hydrogen-bond acceptors (Lipinski definition) is 4. The Morgan fingerprint density at radius 3 is 2.31 bits per heavy atom. The number of anilines is 1. The van der Waals surface area contributed by atoms with Gasteiger partial charge in [-0.2, -0.15) is 0 Å². The maximum Gasteiger partial charge on any atom is 0.244 e. The highest BCUT2D eigenvalue weighted by Gasteiger charge is 2.21. The molecule has 1 saturated heterocycles. The quantitative estimate of drug-likeness (QED) is 0.739. The molecule has 0 spiro atoms. The number of carbonyl (C=O) groups is 2. The molecule has 1 fully saturated rings. The van der Waals surface area contributed by atoms with Crippen molar-refractivity contribution in [1.29, 1.82) is 0 Å². The third-order valence-electron chi connectivity index (χ3n) is 4.87. The molecule has 1 atom stereocenters. The van der Waals surface area contributed by atoms with Crippen molar-refractivity contribution in [3.63, 3.8) is 0 Å². The molecule has 3 rings (SSSR count). The molecule has 2 aromatic rings. The Hall–Kier alpha value is -2.93. The number of benzene rings is 2. The molecule has 1 aliphatic heterocycles. The lowest BCUT2D eigenvalue weighted by Crippen LogP contribution is -2.24. The zero-order valence-corrected chi connectivity index (χ0v) is 17.3. The molecule has 152 valence electrons. The fourth-order valence-corrected chi connectivity index (χ4v) is 3.84. The first-order chi connectivity index (χ1) is 13.7. The molecule has 0 radical (unpaired) electrons. The third-order valence-corrected chi connectivity index (χ3v) is 6.00. The first kappa shape index (κ1) is 20.8. The Morgan fingerprint density at radius 2 is 1.76 bits per heavy atom. The van der Waals surface area contributed by atoms with Crippen LogP contribution in [0.15, 0.2) is 59.5 Å². The van der Waals surface area contributed by atoms with E-state index in [1.165, 1.54) is 18.2 Å². The van der Waals surface area contributed by atoms with Crippen LogP contribution in [0.1, 0.15) is 36.9 Å². The SMILES string of the molecule is CC(NC(=O)/C=C/c1ccc(N2CCCC2=O)cc1)c1ccc(S(C)(=O)=O)cc1. The van der Waals surface area contributed by atoms with Gasteiger partial charge in [0.05, 0.1) is 10.9 Å². The Morgan fingerprint density at radius 1 is 1.10 bits per heavy atom. The highest BCUT2D eigenvalue weighted by atomic mass is 32.2. The highest BCUT2D eigenvalue weighted by Crippen LogP contribution is 2.22. The van der Waals surface area contributed by atoms with E-state index >= 15 is 0 Å². The maximum absolute atomic E-state index is 12.2. The molecule has 29 heavy (non-hydrogen) atoms. The van der Waals surface area contributed by atoms with Gasteiger partial charge in [-0.05, 0) is 54.8 Å². The number of amides is 2. The van der Waals surface area contributed by atoms with E-state index in [-0.39, 0.29) is 22.8 Å². The summed E-state index contributed by atoms with van der Waals surface area (Å²) >= 11 is 0. The lowest BCUT2D eigenvalue weighted by molar-refractivity contribution is -0.117. The van der Waals surface area contributed by atoms with Gasteiger partial charge in [-0.15, -0.1) is 0 Å². The van der Waals surface area contributed by atoms with Crippen LogP contribution in [0.25, 0.3) is 6.08 Å². The number of carbonyl (C=O) groups excluding carboxylic acids is 2. The van der Waals surface area contributed by atoms with E-state index in [1.54, 1.807) is 23.1 Å². The van der Waals surface area contributed by atoms with Gasteiger partial charge in [-0.25, -0.2) is 8.42 Å². The largest absolute Gasteiger partial charge is 0.346 e. The Kier molecular flexibility index (Phi) is 6.17. The molecule has 2 aromatic carbocycles. The number of nitrogens with one attached hydrogen (secondary N) is 1. The number of rotatable bonds is 6. The summed E-state index contributed by atoms with van der Waals surface area (Å²) in [7, 11) is -3.24. The first-order valence-electron chi connectivity index (χ1n) is 9.43. The van der Waals surface area contributed by atoms with Gasteiger partial charge in [-0.3, -0.25) is 9.59 Å². The van der Waals surface area contributed by atoms with Crippen molar-refractivity contribution in [3.05, 3.63) is 65.7 Å². The summed E-state index contributed by atoms with van der Waals surface area (Å²) in [5, 5.41) is 2.86. The summed E-state index contributed by atoms with van der Waals surface area (Å²) < 4.78 is 23.1. The van der Waals surface area contributed by atoms with Gasteiger partial charge in [-0.1, -0.05) is 24.3 Å². The van der Waals surface area contributed by atoms with Crippen LogP contribution in [-0.4, -0.2) is 33.0 Å². The van der Waals surface area contributed by atoms with E-state index in [2.05, 4.69) is 5.32 Å². The van der Waals surface area contributed by atoms with Crippen molar-refractivity contribution in [2.45, 2.75) is 30.7 Å². The summed E-state index contributed by atoms with van der Waals surface area (Å²) in [6.45, 7) is 2.59. The summed E-state index contributed by atoms with van der Waals surface area (Å²) in [6.07, 6.45) is 5.81. The number of sulfone groups is 1. The van der Waals surface area contributed by atoms with Gasteiger partial charge in [0.2, 0.25) is 11.8 Å². The van der Waals surface area contributed by atoms with Crippen LogP contribution < -0.4 is 10.2 Å². The van der Waals surface area contributed by atoms with E-state index in [4.69, 9.17) is 0 Å². The van der Waals surface area contributed by atoms with E-state index in [0.717, 1.165) is 36.0 Å². The normalized spacial score (nSPS) is 15.7. The van der Waals surface area contributed by atoms with E-state index in [1.807, 2.05) is 31.2 Å². The van der Waals surface area contributed by atoms with E-state index in [0.29, 0.717) is 6.42 Å². The summed E-state index contributed by atoms with van der Waals surface area (Å²) in [4.78, 5) is 26.0. The second kappa shape index (κ2) is 8.61. The molecule has 1 N–H and O–H groups in total. The molecule has 7 heteroatoms. The molecule has 6 nitrogen and oxygen atoms in total. The molecular weight excluding hydrogens is 388 g/mol. The fraction of sp³-hybridized carbons (Fsp3) is 0.273. The zero-order valence-electron chi connectivity index (χ0n) is 16.5. The zero-order chi connectivity index (χ0) is 21.0. The number of hydrogen-bond donors (Lipinski definition) is 1. The minimum Gasteiger partial charge on any atom is -0.346 e. The summed E-state index contributed by atoms with van der Waals surface area (Å²) in [5.74, 6) is -0.102. The summed E-state index contributed by atoms with van der Waals surface area (Å²) in [5.41, 5.74) is 2.56. The van der Waals surface area contributed by atoms with Gasteiger partial charge >= 0.3 is 0 Å². The molecule has 0 aromatic heterocycles. The third kappa shape index (κ3) is 5.32.